The Morgan fingerprint density at radius 3 is 2.47 bits per heavy atom. The number of aryl methyl sites for hydroxylation is 1. The first-order chi connectivity index (χ1) is 18.4. The van der Waals surface area contributed by atoms with E-state index in [0.717, 1.165) is 39.8 Å². The minimum atomic E-state index is -0.176. The molecule has 2 aromatic heterocycles. The molecule has 0 radical (unpaired) electrons. The highest BCUT2D eigenvalue weighted by Gasteiger charge is 2.42. The number of hydrogen-bond acceptors (Lipinski definition) is 4. The number of ether oxygens (including phenoxy) is 1. The summed E-state index contributed by atoms with van der Waals surface area (Å²) < 4.78 is 7.53. The second-order valence-corrected chi connectivity index (χ2v) is 10.0. The topological polar surface area (TPSA) is 71.4 Å². The Labute approximate surface area is 228 Å². The van der Waals surface area contributed by atoms with E-state index in [4.69, 9.17) is 17.0 Å². The van der Waals surface area contributed by atoms with Gasteiger partial charge < -0.3 is 24.8 Å². The highest BCUT2D eigenvalue weighted by atomic mass is 32.1. The van der Waals surface area contributed by atoms with Crippen LogP contribution in [-0.2, 0) is 4.79 Å². The number of aromatic nitrogens is 2. The maximum Gasteiger partial charge on any atom is 0.226 e. The molecule has 8 heteroatoms. The molecule has 0 aliphatic carbocycles. The Kier molecular flexibility index (Phi) is 7.15. The maximum atomic E-state index is 12.3. The van der Waals surface area contributed by atoms with Gasteiger partial charge in [-0.1, -0.05) is 19.9 Å². The molecule has 1 aliphatic heterocycles. The van der Waals surface area contributed by atoms with Crippen molar-refractivity contribution in [2.75, 3.05) is 17.3 Å². The van der Waals surface area contributed by atoms with Crippen LogP contribution < -0.4 is 20.3 Å². The summed E-state index contributed by atoms with van der Waals surface area (Å²) in [7, 11) is 1.66. The summed E-state index contributed by atoms with van der Waals surface area (Å²) in [5.41, 5.74) is 5.69. The summed E-state index contributed by atoms with van der Waals surface area (Å²) in [5, 5.41) is 7.17. The normalized spacial score (nSPS) is 17.0. The fraction of sp³-hybridized carbons (Fsp3) is 0.233. The van der Waals surface area contributed by atoms with E-state index in [-0.39, 0.29) is 23.9 Å². The van der Waals surface area contributed by atoms with Crippen molar-refractivity contribution in [2.24, 2.45) is 5.92 Å². The molecule has 5 rings (SSSR count). The molecule has 38 heavy (non-hydrogen) atoms. The van der Waals surface area contributed by atoms with Crippen LogP contribution in [-0.4, -0.2) is 27.7 Å². The molecule has 1 fully saturated rings. The quantitative estimate of drug-likeness (QED) is 0.290. The first-order valence-corrected chi connectivity index (χ1v) is 13.0. The standard InChI is InChI=1S/C30H31N5O2S/c1-19(2)29(36)32-24-15-12-22(18-20(24)3)35-28(27(33-30(35)38)25-8-5-6-16-31-25)26-9-7-17-34(26)21-10-13-23(37-4)14-11-21/h5-19,27-28H,1-4H3,(H,32,36)(H,33,38)/t27-,28+/m0/s1. The van der Waals surface area contributed by atoms with Crippen molar-refractivity contribution in [3.05, 3.63) is 102 Å². The van der Waals surface area contributed by atoms with E-state index < -0.39 is 0 Å². The molecule has 2 aromatic carbocycles. The molecule has 3 heterocycles. The lowest BCUT2D eigenvalue weighted by molar-refractivity contribution is -0.118. The van der Waals surface area contributed by atoms with E-state index in [9.17, 15) is 4.79 Å². The number of carbonyl (C=O) groups excluding carboxylic acids is 1. The van der Waals surface area contributed by atoms with Gasteiger partial charge in [-0.05, 0) is 91.4 Å². The molecular weight excluding hydrogens is 494 g/mol. The lowest BCUT2D eigenvalue weighted by Crippen LogP contribution is -2.30. The van der Waals surface area contributed by atoms with Crippen molar-refractivity contribution >= 4 is 34.6 Å². The Bertz CT molecular complexity index is 1450. The number of hydrogen-bond donors (Lipinski definition) is 2. The molecule has 7 nitrogen and oxygen atoms in total. The number of rotatable bonds is 7. The van der Waals surface area contributed by atoms with Gasteiger partial charge in [0, 0.05) is 41.1 Å². The summed E-state index contributed by atoms with van der Waals surface area (Å²) in [4.78, 5) is 19.1. The predicted octanol–water partition coefficient (Wildman–Crippen LogP) is 5.96. The molecule has 1 saturated heterocycles. The van der Waals surface area contributed by atoms with Gasteiger partial charge in [-0.25, -0.2) is 0 Å². The number of amides is 1. The second kappa shape index (κ2) is 10.7. The third-order valence-corrected chi connectivity index (χ3v) is 7.12. The van der Waals surface area contributed by atoms with Crippen LogP contribution in [0.25, 0.3) is 5.69 Å². The van der Waals surface area contributed by atoms with Crippen molar-refractivity contribution in [1.29, 1.82) is 0 Å². The van der Waals surface area contributed by atoms with Gasteiger partial charge in [0.1, 0.15) is 11.8 Å². The second-order valence-electron chi connectivity index (χ2n) is 9.64. The lowest BCUT2D eigenvalue weighted by Gasteiger charge is -2.29. The highest BCUT2D eigenvalue weighted by Crippen LogP contribution is 2.43. The van der Waals surface area contributed by atoms with Gasteiger partial charge in [0.2, 0.25) is 5.91 Å². The molecule has 1 aliphatic rings. The zero-order valence-corrected chi connectivity index (χ0v) is 22.7. The van der Waals surface area contributed by atoms with Gasteiger partial charge in [0.15, 0.2) is 5.11 Å². The van der Waals surface area contributed by atoms with Crippen LogP contribution in [0.15, 0.2) is 85.2 Å². The molecule has 194 valence electrons. The van der Waals surface area contributed by atoms with E-state index in [1.807, 2.05) is 81.4 Å². The molecule has 1 amide bonds. The number of pyridine rings is 1. The number of anilines is 2. The summed E-state index contributed by atoms with van der Waals surface area (Å²) in [6.07, 6.45) is 3.86. The fourth-order valence-corrected chi connectivity index (χ4v) is 5.11. The Hall–Kier alpha value is -4.17. The molecule has 0 bridgehead atoms. The summed E-state index contributed by atoms with van der Waals surface area (Å²) in [6.45, 7) is 5.76. The Morgan fingerprint density at radius 2 is 1.82 bits per heavy atom. The van der Waals surface area contributed by atoms with Gasteiger partial charge in [-0.15, -0.1) is 0 Å². The average Bonchev–Trinajstić information content (AvgIpc) is 3.54. The van der Waals surface area contributed by atoms with Crippen LogP contribution in [0, 0.1) is 12.8 Å². The van der Waals surface area contributed by atoms with Crippen LogP contribution in [0.4, 0.5) is 11.4 Å². The zero-order valence-electron chi connectivity index (χ0n) is 21.9. The largest absolute Gasteiger partial charge is 0.497 e. The first-order valence-electron chi connectivity index (χ1n) is 12.6. The van der Waals surface area contributed by atoms with E-state index in [0.29, 0.717) is 5.11 Å². The molecule has 2 N–H and O–H groups in total. The molecule has 2 atom stereocenters. The third kappa shape index (κ3) is 4.87. The minimum absolute atomic E-state index is 0.00961. The minimum Gasteiger partial charge on any atom is -0.497 e. The number of carbonyl (C=O) groups is 1. The van der Waals surface area contributed by atoms with E-state index >= 15 is 0 Å². The van der Waals surface area contributed by atoms with Crippen molar-refractivity contribution in [3.63, 3.8) is 0 Å². The smallest absolute Gasteiger partial charge is 0.226 e. The maximum absolute atomic E-state index is 12.3. The fourth-order valence-electron chi connectivity index (χ4n) is 4.76. The van der Waals surface area contributed by atoms with E-state index in [1.165, 1.54) is 0 Å². The van der Waals surface area contributed by atoms with E-state index in [2.05, 4.69) is 43.4 Å². The summed E-state index contributed by atoms with van der Waals surface area (Å²) in [6, 6.07) is 23.8. The van der Waals surface area contributed by atoms with E-state index in [1.54, 1.807) is 13.3 Å². The van der Waals surface area contributed by atoms with Crippen LogP contribution in [0.5, 0.6) is 5.75 Å². The number of nitrogens with zero attached hydrogens (tertiary/aromatic N) is 3. The Morgan fingerprint density at radius 1 is 1.05 bits per heavy atom. The van der Waals surface area contributed by atoms with Crippen LogP contribution in [0.3, 0.4) is 0 Å². The lowest BCUT2D eigenvalue weighted by atomic mass is 10.00. The molecule has 0 saturated carbocycles. The molecule has 0 unspecified atom stereocenters. The van der Waals surface area contributed by atoms with Gasteiger partial charge in [-0.3, -0.25) is 9.78 Å². The van der Waals surface area contributed by atoms with Crippen molar-refractivity contribution < 1.29 is 9.53 Å². The monoisotopic (exact) mass is 525 g/mol. The van der Waals surface area contributed by atoms with Crippen molar-refractivity contribution in [1.82, 2.24) is 14.9 Å². The molecular formula is C30H31N5O2S. The van der Waals surface area contributed by atoms with Gasteiger partial charge in [0.25, 0.3) is 0 Å². The van der Waals surface area contributed by atoms with Gasteiger partial charge >= 0.3 is 0 Å². The third-order valence-electron chi connectivity index (χ3n) is 6.80. The summed E-state index contributed by atoms with van der Waals surface area (Å²) >= 11 is 5.92. The number of benzene rings is 2. The van der Waals surface area contributed by atoms with Crippen LogP contribution >= 0.6 is 12.2 Å². The number of methoxy groups -OCH3 is 1. The van der Waals surface area contributed by atoms with Gasteiger partial charge in [-0.2, -0.15) is 0 Å². The average molecular weight is 526 g/mol. The van der Waals surface area contributed by atoms with Crippen LogP contribution in [0.2, 0.25) is 0 Å². The summed E-state index contributed by atoms with van der Waals surface area (Å²) in [5.74, 6) is 0.697. The highest BCUT2D eigenvalue weighted by molar-refractivity contribution is 7.80. The number of thiocarbonyl (C=S) groups is 1. The SMILES string of the molecule is COc1ccc(-n2cccc2[C@@H]2[C@H](c3ccccn3)NC(=S)N2c2ccc(NC(=O)C(C)C)c(C)c2)cc1. The van der Waals surface area contributed by atoms with Crippen molar-refractivity contribution in [3.8, 4) is 11.4 Å². The van der Waals surface area contributed by atoms with Crippen molar-refractivity contribution in [2.45, 2.75) is 32.9 Å². The molecule has 4 aromatic rings. The molecule has 0 spiro atoms. The Balaban J connectivity index is 1.59. The van der Waals surface area contributed by atoms with Gasteiger partial charge in [0.05, 0.1) is 18.8 Å². The predicted molar refractivity (Wildman–Crippen MR) is 155 cm³/mol. The first kappa shape index (κ1) is 25.5. The zero-order chi connectivity index (χ0) is 26.8. The van der Waals surface area contributed by atoms with Crippen LogP contribution in [0.1, 0.15) is 42.9 Å². The number of nitrogens with one attached hydrogen (secondary N) is 2.